The van der Waals surface area contributed by atoms with Crippen LogP contribution in [0.2, 0.25) is 0 Å². The minimum atomic E-state index is -0.561. The van der Waals surface area contributed by atoms with Crippen LogP contribution in [-0.4, -0.2) is 37.9 Å². The maximum absolute atomic E-state index is 12.8. The van der Waals surface area contributed by atoms with Gasteiger partial charge >= 0.3 is 11.9 Å². The molecule has 0 bridgehead atoms. The zero-order valence-electron chi connectivity index (χ0n) is 42.3. The second-order valence-electron chi connectivity index (χ2n) is 17.7. The molecule has 0 aromatic rings. The normalized spacial score (nSPS) is 12.9. The summed E-state index contributed by atoms with van der Waals surface area (Å²) in [5.41, 5.74) is 0. The number of hydrogen-bond donors (Lipinski definition) is 0. The Kier molecular flexibility index (Phi) is 51.9. The van der Waals surface area contributed by atoms with E-state index in [-0.39, 0.29) is 25.2 Å². The highest BCUT2D eigenvalue weighted by Crippen LogP contribution is 2.13. The van der Waals surface area contributed by atoms with E-state index in [1.807, 2.05) is 0 Å². The molecule has 64 heavy (non-hydrogen) atoms. The summed E-state index contributed by atoms with van der Waals surface area (Å²) < 4.78 is 17.4. The largest absolute Gasteiger partial charge is 0.462 e. The molecular weight excluding hydrogens is 789 g/mol. The molecule has 368 valence electrons. The molecule has 0 heterocycles. The van der Waals surface area contributed by atoms with Crippen molar-refractivity contribution in [3.63, 3.8) is 0 Å². The molecule has 0 saturated heterocycles. The molecule has 0 amide bonds. The van der Waals surface area contributed by atoms with Gasteiger partial charge in [0, 0.05) is 19.4 Å². The van der Waals surface area contributed by atoms with Gasteiger partial charge in [0.05, 0.1) is 6.61 Å². The van der Waals surface area contributed by atoms with Gasteiger partial charge in [-0.1, -0.05) is 209 Å². The highest BCUT2D eigenvalue weighted by molar-refractivity contribution is 5.70. The minimum Gasteiger partial charge on any atom is -0.462 e. The maximum Gasteiger partial charge on any atom is 0.306 e. The summed E-state index contributed by atoms with van der Waals surface area (Å²) in [7, 11) is 0. The average molecular weight is 891 g/mol. The Morgan fingerprint density at radius 3 is 1.17 bits per heavy atom. The number of allylic oxidation sites excluding steroid dienone is 14. The van der Waals surface area contributed by atoms with Crippen LogP contribution in [0.15, 0.2) is 85.1 Å². The van der Waals surface area contributed by atoms with Gasteiger partial charge in [0.25, 0.3) is 0 Å². The predicted molar refractivity (Wildman–Crippen MR) is 279 cm³/mol. The molecule has 5 heteroatoms. The lowest BCUT2D eigenvalue weighted by Gasteiger charge is -2.18. The molecule has 0 saturated carbocycles. The van der Waals surface area contributed by atoms with Gasteiger partial charge in [0.2, 0.25) is 0 Å². The summed E-state index contributed by atoms with van der Waals surface area (Å²) in [4.78, 5) is 25.4. The molecule has 5 nitrogen and oxygen atoms in total. The summed E-state index contributed by atoms with van der Waals surface area (Å²) in [5.74, 6) is -0.445. The molecule has 0 radical (unpaired) electrons. The number of carbonyl (C=O) groups is 2. The molecule has 0 aromatic carbocycles. The van der Waals surface area contributed by atoms with Crippen LogP contribution in [0, 0.1) is 0 Å². The third kappa shape index (κ3) is 51.7. The monoisotopic (exact) mass is 891 g/mol. The van der Waals surface area contributed by atoms with Crippen molar-refractivity contribution < 1.29 is 23.8 Å². The standard InChI is InChI=1S/C59H102O5/c1-4-7-10-13-16-19-22-25-28-29-30-31-33-34-37-40-43-46-49-52-58(60)63-56-57(55-62-54-51-48-45-42-39-36-27-24-21-18-15-12-9-6-3)64-59(61)53-50-47-44-41-38-35-32-26-23-20-17-14-11-8-5-2/h7,10,16,19,21,24-26,28,30-32,34,37,57H,4-6,8-9,11-15,17-18,20,22-23,27,29,33,35-36,38-56H2,1-3H3/b10-7-,19-16-,24-21-,28-25-,31-30-,32-26-,37-34-. The van der Waals surface area contributed by atoms with E-state index in [9.17, 15) is 9.59 Å². The zero-order chi connectivity index (χ0) is 46.3. The van der Waals surface area contributed by atoms with Crippen LogP contribution < -0.4 is 0 Å². The van der Waals surface area contributed by atoms with Crippen molar-refractivity contribution in [1.82, 2.24) is 0 Å². The van der Waals surface area contributed by atoms with Crippen molar-refractivity contribution in [2.75, 3.05) is 19.8 Å². The fraction of sp³-hybridized carbons (Fsp3) is 0.729. The van der Waals surface area contributed by atoms with Gasteiger partial charge in [-0.15, -0.1) is 0 Å². The SMILES string of the molecule is CC/C=C\C/C=C\C/C=C\C/C=C\C/C=C\CCCCCC(=O)OCC(COCCCCCCCC/C=C\CCCCCC)OC(=O)CCCCCCC/C=C\CCCCCCCC. The minimum absolute atomic E-state index is 0.0597. The van der Waals surface area contributed by atoms with E-state index in [2.05, 4.69) is 106 Å². The van der Waals surface area contributed by atoms with Gasteiger partial charge in [-0.2, -0.15) is 0 Å². The Labute approximate surface area is 397 Å². The molecule has 0 aliphatic heterocycles. The van der Waals surface area contributed by atoms with Crippen LogP contribution in [0.4, 0.5) is 0 Å². The molecule has 0 rings (SSSR count). The second-order valence-corrected chi connectivity index (χ2v) is 17.7. The van der Waals surface area contributed by atoms with Crippen LogP contribution in [0.3, 0.4) is 0 Å². The van der Waals surface area contributed by atoms with Gasteiger partial charge in [-0.3, -0.25) is 9.59 Å². The number of rotatable bonds is 49. The van der Waals surface area contributed by atoms with Crippen LogP contribution in [0.1, 0.15) is 252 Å². The lowest BCUT2D eigenvalue weighted by molar-refractivity contribution is -0.163. The topological polar surface area (TPSA) is 61.8 Å². The van der Waals surface area contributed by atoms with Crippen LogP contribution in [-0.2, 0) is 23.8 Å². The first-order valence-electron chi connectivity index (χ1n) is 27.1. The molecule has 1 unspecified atom stereocenters. The van der Waals surface area contributed by atoms with Crippen molar-refractivity contribution in [3.05, 3.63) is 85.1 Å². The lowest BCUT2D eigenvalue weighted by atomic mass is 10.1. The third-order valence-corrected chi connectivity index (χ3v) is 11.4. The maximum atomic E-state index is 12.8. The summed E-state index contributed by atoms with van der Waals surface area (Å²) in [6.45, 7) is 7.65. The van der Waals surface area contributed by atoms with Crippen molar-refractivity contribution >= 4 is 11.9 Å². The number of carbonyl (C=O) groups excluding carboxylic acids is 2. The predicted octanol–water partition coefficient (Wildman–Crippen LogP) is 18.5. The van der Waals surface area contributed by atoms with E-state index in [1.165, 1.54) is 122 Å². The van der Waals surface area contributed by atoms with Crippen molar-refractivity contribution in [2.24, 2.45) is 0 Å². The van der Waals surface area contributed by atoms with Gasteiger partial charge in [-0.25, -0.2) is 0 Å². The lowest BCUT2D eigenvalue weighted by Crippen LogP contribution is -2.30. The van der Waals surface area contributed by atoms with Crippen molar-refractivity contribution in [1.29, 1.82) is 0 Å². The highest BCUT2D eigenvalue weighted by atomic mass is 16.6. The average Bonchev–Trinajstić information content (AvgIpc) is 3.30. The molecule has 0 fully saturated rings. The van der Waals surface area contributed by atoms with Crippen molar-refractivity contribution in [3.8, 4) is 0 Å². The fourth-order valence-corrected chi connectivity index (χ4v) is 7.35. The Morgan fingerprint density at radius 1 is 0.359 bits per heavy atom. The number of ether oxygens (including phenoxy) is 3. The number of esters is 2. The second kappa shape index (κ2) is 54.4. The Bertz CT molecular complexity index is 1190. The molecule has 0 aromatic heterocycles. The number of hydrogen-bond acceptors (Lipinski definition) is 5. The summed E-state index contributed by atoms with van der Waals surface area (Å²) in [6.07, 6.45) is 71.6. The first kappa shape index (κ1) is 61.1. The zero-order valence-corrected chi connectivity index (χ0v) is 42.3. The summed E-state index contributed by atoms with van der Waals surface area (Å²) in [5, 5.41) is 0. The van der Waals surface area contributed by atoms with E-state index in [4.69, 9.17) is 14.2 Å². The Balaban J connectivity index is 4.35. The van der Waals surface area contributed by atoms with E-state index < -0.39 is 6.10 Å². The van der Waals surface area contributed by atoms with E-state index in [1.54, 1.807) is 0 Å². The van der Waals surface area contributed by atoms with E-state index >= 15 is 0 Å². The van der Waals surface area contributed by atoms with Gasteiger partial charge < -0.3 is 14.2 Å². The quantitative estimate of drug-likeness (QED) is 0.0346. The third-order valence-electron chi connectivity index (χ3n) is 11.4. The molecule has 0 N–H and O–H groups in total. The molecular formula is C59H102O5. The first-order valence-corrected chi connectivity index (χ1v) is 27.1. The fourth-order valence-electron chi connectivity index (χ4n) is 7.35. The molecule has 0 spiro atoms. The summed E-state index contributed by atoms with van der Waals surface area (Å²) >= 11 is 0. The molecule has 0 aliphatic carbocycles. The number of unbranched alkanes of at least 4 members (excludes halogenated alkanes) is 24. The van der Waals surface area contributed by atoms with Crippen LogP contribution in [0.25, 0.3) is 0 Å². The van der Waals surface area contributed by atoms with Gasteiger partial charge in [0.1, 0.15) is 6.61 Å². The Hall–Kier alpha value is -2.92. The molecule has 0 aliphatic rings. The summed E-state index contributed by atoms with van der Waals surface area (Å²) in [6, 6.07) is 0. The smallest absolute Gasteiger partial charge is 0.306 e. The van der Waals surface area contributed by atoms with E-state index in [0.717, 1.165) is 96.3 Å². The van der Waals surface area contributed by atoms with Crippen LogP contribution >= 0.6 is 0 Å². The van der Waals surface area contributed by atoms with Crippen molar-refractivity contribution in [2.45, 2.75) is 258 Å². The van der Waals surface area contributed by atoms with Crippen LogP contribution in [0.5, 0.6) is 0 Å². The first-order chi connectivity index (χ1) is 31.6. The highest BCUT2D eigenvalue weighted by Gasteiger charge is 2.17. The van der Waals surface area contributed by atoms with Gasteiger partial charge in [-0.05, 0) is 116 Å². The van der Waals surface area contributed by atoms with Gasteiger partial charge in [0.15, 0.2) is 6.10 Å². The Morgan fingerprint density at radius 2 is 0.703 bits per heavy atom. The molecule has 1 atom stereocenters. The van der Waals surface area contributed by atoms with E-state index in [0.29, 0.717) is 19.4 Å².